The summed E-state index contributed by atoms with van der Waals surface area (Å²) in [5.41, 5.74) is 16.7. The summed E-state index contributed by atoms with van der Waals surface area (Å²) in [7, 11) is -1.40. The van der Waals surface area contributed by atoms with E-state index in [1.165, 1.54) is 82.4 Å². The van der Waals surface area contributed by atoms with Crippen LogP contribution < -0.4 is 5.19 Å². The molecule has 0 N–H and O–H groups in total. The van der Waals surface area contributed by atoms with Crippen LogP contribution in [0.4, 0.5) is 0 Å². The van der Waals surface area contributed by atoms with Gasteiger partial charge in [0.15, 0.2) is 0 Å². The Bertz CT molecular complexity index is 3270. The van der Waals surface area contributed by atoms with Gasteiger partial charge in [0.1, 0.15) is 0 Å². The van der Waals surface area contributed by atoms with Crippen LogP contribution in [0.1, 0.15) is 18.4 Å². The Balaban J connectivity index is 0.985. The Morgan fingerprint density at radius 3 is 1.43 bits per heavy atom. The lowest BCUT2D eigenvalue weighted by molar-refractivity contribution is 0.991. The van der Waals surface area contributed by atoms with Gasteiger partial charge in [0.2, 0.25) is 0 Å². The second kappa shape index (κ2) is 14.4. The number of para-hydroxylation sites is 2. The largest absolute Gasteiger partial charge is 0.313 e. The maximum absolute atomic E-state index is 5.13. The fourth-order valence-electron chi connectivity index (χ4n) is 9.29. The van der Waals surface area contributed by atoms with Crippen LogP contribution in [-0.4, -0.2) is 22.2 Å². The molecule has 288 valence electrons. The predicted molar refractivity (Wildman–Crippen MR) is 259 cm³/mol. The van der Waals surface area contributed by atoms with E-state index in [4.69, 9.17) is 4.98 Å². The monoisotopic (exact) mass is 787 g/mol. The van der Waals surface area contributed by atoms with Crippen molar-refractivity contribution in [3.05, 3.63) is 200 Å². The molecule has 10 aromatic rings. The summed E-state index contributed by atoms with van der Waals surface area (Å²) >= 11 is 0. The number of fused-ring (bicyclic) bond motifs is 6. The molecule has 3 aromatic heterocycles. The van der Waals surface area contributed by atoms with Gasteiger partial charge in [-0.1, -0.05) is 152 Å². The van der Waals surface area contributed by atoms with E-state index in [1.54, 1.807) is 0 Å². The zero-order valence-electron chi connectivity index (χ0n) is 34.2. The molecule has 0 fully saturated rings. The molecule has 0 spiro atoms. The zero-order valence-corrected chi connectivity index (χ0v) is 35.2. The van der Waals surface area contributed by atoms with Gasteiger partial charge in [0, 0.05) is 44.1 Å². The van der Waals surface area contributed by atoms with Gasteiger partial charge in [-0.3, -0.25) is 0 Å². The summed E-state index contributed by atoms with van der Waals surface area (Å²) in [6, 6.07) is 66.6. The zero-order chi connectivity index (χ0) is 40.4. The molecule has 0 unspecified atom stereocenters. The van der Waals surface area contributed by atoms with Crippen LogP contribution in [0.2, 0.25) is 19.6 Å². The maximum atomic E-state index is 5.13. The lowest BCUT2D eigenvalue weighted by Crippen LogP contribution is -2.37. The Kier molecular flexibility index (Phi) is 8.64. The first-order valence-corrected chi connectivity index (χ1v) is 24.6. The van der Waals surface area contributed by atoms with Crippen molar-refractivity contribution in [3.8, 4) is 39.3 Å². The van der Waals surface area contributed by atoms with Crippen molar-refractivity contribution >= 4 is 68.1 Å². The van der Waals surface area contributed by atoms with Gasteiger partial charge in [-0.05, 0) is 102 Å². The highest BCUT2D eigenvalue weighted by Gasteiger charge is 2.20. The van der Waals surface area contributed by atoms with E-state index in [1.807, 2.05) is 0 Å². The lowest BCUT2D eigenvalue weighted by atomic mass is 9.93. The van der Waals surface area contributed by atoms with Gasteiger partial charge in [-0.2, -0.15) is 0 Å². The third-order valence-electron chi connectivity index (χ3n) is 12.4. The molecule has 1 aliphatic carbocycles. The number of rotatable bonds is 7. The van der Waals surface area contributed by atoms with E-state index in [-0.39, 0.29) is 0 Å². The summed E-state index contributed by atoms with van der Waals surface area (Å²) in [5.74, 6) is 0. The maximum Gasteiger partial charge on any atom is 0.0775 e. The predicted octanol–water partition coefficient (Wildman–Crippen LogP) is 14.6. The lowest BCUT2D eigenvalue weighted by Gasteiger charge is -2.19. The van der Waals surface area contributed by atoms with Crippen LogP contribution in [0, 0.1) is 0 Å². The summed E-state index contributed by atoms with van der Waals surface area (Å²) in [4.78, 5) is 5.13. The standard InChI is InChI=1S/C56H45N3Si/c1-60(2,3)46-30-28-45(29-31-46)59-54-21-13-11-19-48(54)50-35-42(25-33-56(50)59)41-24-32-55-49(34-41)47-18-10-12-20-53(47)58(55)44-26-22-38(23-27-44)43-36-51(39-14-6-4-7-15-39)57-52(37-43)40-16-8-5-9-17-40/h4-22,24-26,28-37H,23,27H2,1-3H3. The first kappa shape index (κ1) is 36.1. The Hall–Kier alpha value is -7.01. The number of aromatic nitrogens is 3. The summed E-state index contributed by atoms with van der Waals surface area (Å²) in [6.07, 6.45) is 6.55. The molecule has 3 heterocycles. The van der Waals surface area contributed by atoms with Gasteiger partial charge in [0.05, 0.1) is 41.5 Å². The quantitative estimate of drug-likeness (QED) is 0.148. The number of hydrogen-bond donors (Lipinski definition) is 0. The summed E-state index contributed by atoms with van der Waals surface area (Å²) in [5, 5.41) is 6.58. The number of nitrogens with zero attached hydrogens (tertiary/aromatic N) is 3. The van der Waals surface area contributed by atoms with E-state index >= 15 is 0 Å². The molecule has 7 aromatic carbocycles. The van der Waals surface area contributed by atoms with Crippen LogP contribution in [0.5, 0.6) is 0 Å². The fraction of sp³-hybridized carbons (Fsp3) is 0.0893. The summed E-state index contributed by atoms with van der Waals surface area (Å²) in [6.45, 7) is 7.23. The van der Waals surface area contributed by atoms with Crippen molar-refractivity contribution in [3.63, 3.8) is 0 Å². The highest BCUT2D eigenvalue weighted by Crippen LogP contribution is 2.40. The van der Waals surface area contributed by atoms with E-state index in [0.717, 1.165) is 35.4 Å². The Morgan fingerprint density at radius 2 is 0.900 bits per heavy atom. The minimum absolute atomic E-state index is 0.937. The molecular formula is C56H45N3Si. The first-order chi connectivity index (χ1) is 29.4. The van der Waals surface area contributed by atoms with Crippen LogP contribution in [-0.2, 0) is 0 Å². The highest BCUT2D eigenvalue weighted by atomic mass is 28.3. The summed E-state index contributed by atoms with van der Waals surface area (Å²) < 4.78 is 4.92. The molecule has 0 radical (unpaired) electrons. The number of benzene rings is 7. The normalized spacial score (nSPS) is 13.3. The van der Waals surface area contributed by atoms with Gasteiger partial charge < -0.3 is 9.13 Å². The van der Waals surface area contributed by atoms with Gasteiger partial charge in [-0.25, -0.2) is 4.98 Å². The molecule has 11 rings (SSSR count). The molecule has 0 aliphatic heterocycles. The van der Waals surface area contributed by atoms with Crippen molar-refractivity contribution in [2.75, 3.05) is 0 Å². The van der Waals surface area contributed by atoms with Crippen molar-refractivity contribution in [2.45, 2.75) is 32.5 Å². The molecule has 1 aliphatic rings. The van der Waals surface area contributed by atoms with Gasteiger partial charge in [0.25, 0.3) is 0 Å². The van der Waals surface area contributed by atoms with Crippen LogP contribution >= 0.6 is 0 Å². The SMILES string of the molecule is C[Si](C)(C)c1ccc(-n2c3ccccc3c3cc(-c4ccc5c(c4)c4ccccc4n5C4=CC=C(c5cc(-c6ccccc6)nc(-c6ccccc6)c5)CC4)ccc32)cc1. The van der Waals surface area contributed by atoms with E-state index in [0.29, 0.717) is 0 Å². The Labute approximate surface area is 352 Å². The smallest absolute Gasteiger partial charge is 0.0775 e. The van der Waals surface area contributed by atoms with Crippen molar-refractivity contribution in [2.24, 2.45) is 0 Å². The third kappa shape index (κ3) is 6.23. The van der Waals surface area contributed by atoms with Crippen molar-refractivity contribution in [1.82, 2.24) is 14.1 Å². The number of pyridine rings is 1. The topological polar surface area (TPSA) is 22.8 Å². The minimum atomic E-state index is -1.40. The van der Waals surface area contributed by atoms with Crippen molar-refractivity contribution in [1.29, 1.82) is 0 Å². The van der Waals surface area contributed by atoms with E-state index in [2.05, 4.69) is 223 Å². The second-order valence-corrected chi connectivity index (χ2v) is 22.3. The molecule has 60 heavy (non-hydrogen) atoms. The second-order valence-electron chi connectivity index (χ2n) is 17.2. The minimum Gasteiger partial charge on any atom is -0.313 e. The molecular weight excluding hydrogens is 743 g/mol. The molecule has 3 nitrogen and oxygen atoms in total. The fourth-order valence-corrected chi connectivity index (χ4v) is 10.5. The molecule has 0 amide bonds. The van der Waals surface area contributed by atoms with Crippen molar-refractivity contribution < 1.29 is 0 Å². The molecule has 0 atom stereocenters. The molecule has 0 bridgehead atoms. The third-order valence-corrected chi connectivity index (χ3v) is 14.5. The number of hydrogen-bond acceptors (Lipinski definition) is 1. The number of allylic oxidation sites excluding steroid dienone is 4. The van der Waals surface area contributed by atoms with Crippen LogP contribution in [0.25, 0.3) is 94.2 Å². The Morgan fingerprint density at radius 1 is 0.400 bits per heavy atom. The van der Waals surface area contributed by atoms with Crippen LogP contribution in [0.3, 0.4) is 0 Å². The van der Waals surface area contributed by atoms with E-state index in [9.17, 15) is 0 Å². The van der Waals surface area contributed by atoms with Gasteiger partial charge in [-0.15, -0.1) is 0 Å². The average Bonchev–Trinajstić information content (AvgIpc) is 3.81. The highest BCUT2D eigenvalue weighted by molar-refractivity contribution is 6.88. The molecule has 4 heteroatoms. The molecule has 0 saturated heterocycles. The van der Waals surface area contributed by atoms with Crippen LogP contribution in [0.15, 0.2) is 194 Å². The molecule has 0 saturated carbocycles. The average molecular weight is 788 g/mol. The first-order valence-electron chi connectivity index (χ1n) is 21.1. The van der Waals surface area contributed by atoms with Gasteiger partial charge >= 0.3 is 0 Å². The van der Waals surface area contributed by atoms with E-state index < -0.39 is 8.07 Å².